The molecular formula is C9H8F8O2. The van der Waals surface area contributed by atoms with Gasteiger partial charge in [0.2, 0.25) is 0 Å². The third-order valence-electron chi connectivity index (χ3n) is 1.93. The summed E-state index contributed by atoms with van der Waals surface area (Å²) in [4.78, 5) is 10.2. The first-order valence-electron chi connectivity index (χ1n) is 4.77. The number of aliphatic carboxylic acids is 1. The number of allylic oxidation sites excluding steroid dienone is 1. The van der Waals surface area contributed by atoms with Crippen molar-refractivity contribution in [2.45, 2.75) is 37.8 Å². The summed E-state index contributed by atoms with van der Waals surface area (Å²) in [5, 5.41) is 8.12. The fraction of sp³-hybridized carbons (Fsp3) is 0.667. The van der Waals surface area contributed by atoms with Gasteiger partial charge in [0.25, 0.3) is 0 Å². The van der Waals surface area contributed by atoms with Gasteiger partial charge in [0.15, 0.2) is 17.6 Å². The molecule has 0 bridgehead atoms. The number of carboxylic acid groups (broad SMARTS) is 1. The minimum atomic E-state index is -5.63. The number of hydrogen-bond donors (Lipinski definition) is 1. The van der Waals surface area contributed by atoms with Crippen LogP contribution in [0.3, 0.4) is 0 Å². The normalized spacial score (nSPS) is 16.0. The second kappa shape index (κ2) is 6.20. The lowest BCUT2D eigenvalue weighted by Gasteiger charge is -2.12. The lowest BCUT2D eigenvalue weighted by Crippen LogP contribution is -2.24. The molecule has 112 valence electrons. The van der Waals surface area contributed by atoms with Crippen molar-refractivity contribution >= 4 is 5.97 Å². The van der Waals surface area contributed by atoms with Crippen molar-refractivity contribution in [3.8, 4) is 0 Å². The Balaban J connectivity index is 4.85. The average Bonchev–Trinajstić information content (AvgIpc) is 2.11. The molecule has 0 saturated carbocycles. The summed E-state index contributed by atoms with van der Waals surface area (Å²) < 4.78 is 97.1. The fourth-order valence-corrected chi connectivity index (χ4v) is 1.12. The highest BCUT2D eigenvalue weighted by Gasteiger charge is 2.44. The van der Waals surface area contributed by atoms with Gasteiger partial charge in [-0.3, -0.25) is 0 Å². The van der Waals surface area contributed by atoms with Gasteiger partial charge in [0.1, 0.15) is 0 Å². The van der Waals surface area contributed by atoms with E-state index < -0.39 is 55.2 Å². The maximum atomic E-state index is 13.0. The van der Waals surface area contributed by atoms with Crippen molar-refractivity contribution in [1.82, 2.24) is 0 Å². The van der Waals surface area contributed by atoms with Crippen molar-refractivity contribution < 1.29 is 45.0 Å². The number of carboxylic acids is 1. The van der Waals surface area contributed by atoms with Crippen LogP contribution in [0.25, 0.3) is 0 Å². The van der Waals surface area contributed by atoms with Gasteiger partial charge in [-0.25, -0.2) is 13.6 Å². The molecule has 0 aromatic carbocycles. The Hall–Kier alpha value is -1.35. The number of carbonyl (C=O) groups is 1. The van der Waals surface area contributed by atoms with E-state index in [1.54, 1.807) is 0 Å². The molecule has 0 aliphatic heterocycles. The Bertz CT molecular complexity index is 354. The number of halogens is 8. The monoisotopic (exact) mass is 300 g/mol. The molecule has 0 saturated heterocycles. The van der Waals surface area contributed by atoms with Crippen molar-refractivity contribution in [3.05, 3.63) is 11.4 Å². The SMILES string of the molecule is O=C(O)C(=C(F)C(F)CCCC(F)(F)F)C(F)(F)F. The number of rotatable bonds is 5. The van der Waals surface area contributed by atoms with Crippen LogP contribution in [0.5, 0.6) is 0 Å². The minimum absolute atomic E-state index is 0.956. The highest BCUT2D eigenvalue weighted by atomic mass is 19.4. The highest BCUT2D eigenvalue weighted by molar-refractivity contribution is 5.88. The Morgan fingerprint density at radius 3 is 1.89 bits per heavy atom. The molecule has 0 aliphatic carbocycles. The molecular weight excluding hydrogens is 292 g/mol. The average molecular weight is 300 g/mol. The first-order valence-corrected chi connectivity index (χ1v) is 4.77. The zero-order valence-electron chi connectivity index (χ0n) is 9.08. The second-order valence-corrected chi connectivity index (χ2v) is 3.50. The molecule has 0 fully saturated rings. The van der Waals surface area contributed by atoms with E-state index in [1.807, 2.05) is 0 Å². The minimum Gasteiger partial charge on any atom is -0.478 e. The summed E-state index contributed by atoms with van der Waals surface area (Å²) in [5.74, 6) is -5.36. The first kappa shape index (κ1) is 17.6. The molecule has 1 atom stereocenters. The highest BCUT2D eigenvalue weighted by Crippen LogP contribution is 2.33. The van der Waals surface area contributed by atoms with E-state index in [-0.39, 0.29) is 0 Å². The Kier molecular flexibility index (Phi) is 5.76. The first-order chi connectivity index (χ1) is 8.36. The van der Waals surface area contributed by atoms with Crippen LogP contribution in [-0.4, -0.2) is 29.6 Å². The molecule has 0 amide bonds. The third kappa shape index (κ3) is 6.39. The molecule has 0 radical (unpaired) electrons. The van der Waals surface area contributed by atoms with Gasteiger partial charge in [-0.2, -0.15) is 26.3 Å². The molecule has 1 N–H and O–H groups in total. The van der Waals surface area contributed by atoms with Crippen molar-refractivity contribution in [2.24, 2.45) is 0 Å². The molecule has 0 aromatic rings. The number of hydrogen-bond acceptors (Lipinski definition) is 1. The third-order valence-corrected chi connectivity index (χ3v) is 1.93. The number of alkyl halides is 7. The molecule has 19 heavy (non-hydrogen) atoms. The lowest BCUT2D eigenvalue weighted by molar-refractivity contribution is -0.146. The zero-order chi connectivity index (χ0) is 15.4. The Morgan fingerprint density at radius 1 is 1.11 bits per heavy atom. The predicted molar refractivity (Wildman–Crippen MR) is 46.6 cm³/mol. The lowest BCUT2D eigenvalue weighted by atomic mass is 10.1. The Morgan fingerprint density at radius 2 is 1.58 bits per heavy atom. The molecule has 0 spiro atoms. The van der Waals surface area contributed by atoms with E-state index >= 15 is 0 Å². The van der Waals surface area contributed by atoms with Crippen molar-refractivity contribution in [1.29, 1.82) is 0 Å². The quantitative estimate of drug-likeness (QED) is 0.617. The largest absolute Gasteiger partial charge is 0.478 e. The summed E-state index contributed by atoms with van der Waals surface area (Å²) >= 11 is 0. The topological polar surface area (TPSA) is 37.3 Å². The van der Waals surface area contributed by atoms with Gasteiger partial charge in [0.05, 0.1) is 0 Å². The summed E-state index contributed by atoms with van der Waals surface area (Å²) in [5.41, 5.74) is -2.74. The summed E-state index contributed by atoms with van der Waals surface area (Å²) in [7, 11) is 0. The molecule has 0 rings (SSSR count). The van der Waals surface area contributed by atoms with Gasteiger partial charge in [0, 0.05) is 6.42 Å². The van der Waals surface area contributed by atoms with E-state index in [1.165, 1.54) is 0 Å². The zero-order valence-corrected chi connectivity index (χ0v) is 9.08. The van der Waals surface area contributed by atoms with E-state index in [9.17, 15) is 39.9 Å². The summed E-state index contributed by atoms with van der Waals surface area (Å²) in [6.45, 7) is 0. The predicted octanol–water partition coefficient (Wildman–Crippen LogP) is 3.93. The van der Waals surface area contributed by atoms with Gasteiger partial charge in [-0.05, 0) is 12.8 Å². The van der Waals surface area contributed by atoms with Gasteiger partial charge >= 0.3 is 18.3 Å². The van der Waals surface area contributed by atoms with E-state index in [0.717, 1.165) is 0 Å². The van der Waals surface area contributed by atoms with Crippen LogP contribution in [-0.2, 0) is 4.79 Å². The van der Waals surface area contributed by atoms with Crippen LogP contribution >= 0.6 is 0 Å². The molecule has 0 aliphatic rings. The van der Waals surface area contributed by atoms with E-state index in [2.05, 4.69) is 0 Å². The molecule has 10 heteroatoms. The maximum absolute atomic E-state index is 13.0. The van der Waals surface area contributed by atoms with E-state index in [0.29, 0.717) is 0 Å². The Labute approximate surface area is 101 Å². The molecule has 2 nitrogen and oxygen atoms in total. The van der Waals surface area contributed by atoms with Crippen LogP contribution in [0.15, 0.2) is 11.4 Å². The van der Waals surface area contributed by atoms with Crippen molar-refractivity contribution in [3.63, 3.8) is 0 Å². The second-order valence-electron chi connectivity index (χ2n) is 3.50. The maximum Gasteiger partial charge on any atom is 0.426 e. The van der Waals surface area contributed by atoms with Gasteiger partial charge in [-0.1, -0.05) is 0 Å². The van der Waals surface area contributed by atoms with Crippen LogP contribution in [0.2, 0.25) is 0 Å². The smallest absolute Gasteiger partial charge is 0.426 e. The van der Waals surface area contributed by atoms with E-state index in [4.69, 9.17) is 5.11 Å². The van der Waals surface area contributed by atoms with Crippen molar-refractivity contribution in [2.75, 3.05) is 0 Å². The molecule has 0 aromatic heterocycles. The molecule has 1 unspecified atom stereocenters. The molecule has 0 heterocycles. The van der Waals surface area contributed by atoms with Crippen LogP contribution in [0, 0.1) is 0 Å². The van der Waals surface area contributed by atoms with Crippen LogP contribution in [0.4, 0.5) is 35.1 Å². The summed E-state index contributed by atoms with van der Waals surface area (Å²) in [6.07, 6.45) is -17.0. The van der Waals surface area contributed by atoms with Gasteiger partial charge < -0.3 is 5.11 Å². The summed E-state index contributed by atoms with van der Waals surface area (Å²) in [6, 6.07) is 0. The standard InChI is InChI=1S/C9H8F8O2/c10-4(2-1-3-8(12,13)14)6(11)5(7(18)19)9(15,16)17/h4H,1-3H2,(H,18,19). The van der Waals surface area contributed by atoms with Crippen LogP contribution in [0.1, 0.15) is 19.3 Å². The fourth-order valence-electron chi connectivity index (χ4n) is 1.12. The van der Waals surface area contributed by atoms with Gasteiger partial charge in [-0.15, -0.1) is 0 Å². The van der Waals surface area contributed by atoms with Crippen LogP contribution < -0.4 is 0 Å².